The van der Waals surface area contributed by atoms with Gasteiger partial charge >= 0.3 is 0 Å². The van der Waals surface area contributed by atoms with Gasteiger partial charge in [0.05, 0.1) is 11.9 Å². The van der Waals surface area contributed by atoms with Gasteiger partial charge in [0.15, 0.2) is 0 Å². The van der Waals surface area contributed by atoms with Crippen molar-refractivity contribution in [1.82, 2.24) is 10.2 Å². The standard InChI is InChI=1S/C27H37Cl2N3O4S/c1-8-24(26(34)30-18(2)3)31(16-19-9-12-21(28)15-23(19)29)25(33)17-32(37(7,35)36)22-13-10-20(11-14-22)27(4,5)6/h9-15,18,24H,8,16-17H2,1-7H3,(H,30,34)/t24-/m1/s1. The highest BCUT2D eigenvalue weighted by Gasteiger charge is 2.32. The highest BCUT2D eigenvalue weighted by atomic mass is 35.5. The largest absolute Gasteiger partial charge is 0.352 e. The van der Waals surface area contributed by atoms with Crippen molar-refractivity contribution < 1.29 is 18.0 Å². The fourth-order valence-corrected chi connectivity index (χ4v) is 5.19. The van der Waals surface area contributed by atoms with E-state index in [1.165, 1.54) is 4.90 Å². The van der Waals surface area contributed by atoms with Gasteiger partial charge in [-0.3, -0.25) is 13.9 Å². The maximum Gasteiger partial charge on any atom is 0.244 e. The minimum absolute atomic E-state index is 0.0133. The van der Waals surface area contributed by atoms with E-state index in [1.54, 1.807) is 37.3 Å². The minimum Gasteiger partial charge on any atom is -0.352 e. The van der Waals surface area contributed by atoms with E-state index in [9.17, 15) is 18.0 Å². The summed E-state index contributed by atoms with van der Waals surface area (Å²) in [7, 11) is -3.81. The molecule has 0 aliphatic rings. The lowest BCUT2D eigenvalue weighted by Crippen LogP contribution is -2.53. The van der Waals surface area contributed by atoms with Gasteiger partial charge in [0, 0.05) is 22.6 Å². The summed E-state index contributed by atoms with van der Waals surface area (Å²) < 4.78 is 26.6. The van der Waals surface area contributed by atoms with Crippen molar-refractivity contribution in [2.24, 2.45) is 0 Å². The molecule has 0 heterocycles. The molecule has 0 fully saturated rings. The Morgan fingerprint density at radius 3 is 2.08 bits per heavy atom. The van der Waals surface area contributed by atoms with Crippen molar-refractivity contribution in [3.05, 3.63) is 63.6 Å². The van der Waals surface area contributed by atoms with Gasteiger partial charge in [-0.1, -0.05) is 69.1 Å². The molecule has 37 heavy (non-hydrogen) atoms. The van der Waals surface area contributed by atoms with Crippen LogP contribution in [0.3, 0.4) is 0 Å². The number of hydrogen-bond acceptors (Lipinski definition) is 4. The molecule has 0 unspecified atom stereocenters. The highest BCUT2D eigenvalue weighted by Crippen LogP contribution is 2.27. The van der Waals surface area contributed by atoms with E-state index in [0.29, 0.717) is 27.7 Å². The van der Waals surface area contributed by atoms with Gasteiger partial charge in [-0.2, -0.15) is 0 Å². The molecule has 2 rings (SSSR count). The Hall–Kier alpha value is -2.29. The summed E-state index contributed by atoms with van der Waals surface area (Å²) in [5.74, 6) is -0.849. The van der Waals surface area contributed by atoms with E-state index >= 15 is 0 Å². The van der Waals surface area contributed by atoms with Crippen LogP contribution in [-0.4, -0.2) is 50.0 Å². The molecular formula is C27H37Cl2N3O4S. The number of benzene rings is 2. The van der Waals surface area contributed by atoms with E-state index in [2.05, 4.69) is 26.1 Å². The molecule has 0 aliphatic heterocycles. The molecular weight excluding hydrogens is 533 g/mol. The molecule has 0 radical (unpaired) electrons. The van der Waals surface area contributed by atoms with Crippen LogP contribution in [0.25, 0.3) is 0 Å². The van der Waals surface area contributed by atoms with Gasteiger partial charge in [0.25, 0.3) is 0 Å². The van der Waals surface area contributed by atoms with Gasteiger partial charge in [0.2, 0.25) is 21.8 Å². The average molecular weight is 571 g/mol. The van der Waals surface area contributed by atoms with E-state index in [-0.39, 0.29) is 23.9 Å². The number of anilines is 1. The first-order valence-corrected chi connectivity index (χ1v) is 14.8. The fraction of sp³-hybridized carbons (Fsp3) is 0.481. The summed E-state index contributed by atoms with van der Waals surface area (Å²) in [6.45, 7) is 11.2. The lowest BCUT2D eigenvalue weighted by Gasteiger charge is -2.33. The van der Waals surface area contributed by atoms with E-state index in [0.717, 1.165) is 16.1 Å². The second-order valence-electron chi connectivity index (χ2n) is 10.4. The molecule has 1 atom stereocenters. The number of nitrogens with one attached hydrogen (secondary N) is 1. The van der Waals surface area contributed by atoms with E-state index in [1.807, 2.05) is 26.0 Å². The van der Waals surface area contributed by atoms with Gasteiger partial charge < -0.3 is 10.2 Å². The lowest BCUT2D eigenvalue weighted by atomic mass is 9.87. The molecule has 2 aromatic rings. The second-order valence-corrected chi connectivity index (χ2v) is 13.2. The van der Waals surface area contributed by atoms with Gasteiger partial charge in [-0.15, -0.1) is 0 Å². The van der Waals surface area contributed by atoms with Crippen LogP contribution in [0.1, 0.15) is 59.1 Å². The maximum absolute atomic E-state index is 13.7. The number of carbonyl (C=O) groups is 2. The molecule has 204 valence electrons. The third kappa shape index (κ3) is 8.62. The van der Waals surface area contributed by atoms with Crippen LogP contribution in [0, 0.1) is 0 Å². The molecule has 1 N–H and O–H groups in total. The predicted octanol–water partition coefficient (Wildman–Crippen LogP) is 5.39. The van der Waals surface area contributed by atoms with Gasteiger partial charge in [-0.05, 0) is 61.1 Å². The molecule has 0 saturated heterocycles. The quantitative estimate of drug-likeness (QED) is 0.415. The summed E-state index contributed by atoms with van der Waals surface area (Å²) in [5, 5.41) is 3.65. The van der Waals surface area contributed by atoms with Gasteiger partial charge in [0.1, 0.15) is 12.6 Å². The maximum atomic E-state index is 13.7. The van der Waals surface area contributed by atoms with Crippen molar-refractivity contribution in [3.63, 3.8) is 0 Å². The van der Waals surface area contributed by atoms with Crippen molar-refractivity contribution >= 4 is 50.7 Å². The number of amides is 2. The molecule has 0 bridgehead atoms. The van der Waals surface area contributed by atoms with E-state index in [4.69, 9.17) is 23.2 Å². The highest BCUT2D eigenvalue weighted by molar-refractivity contribution is 7.92. The average Bonchev–Trinajstić information content (AvgIpc) is 2.76. The van der Waals surface area contributed by atoms with Crippen LogP contribution in [0.5, 0.6) is 0 Å². The fourth-order valence-electron chi connectivity index (χ4n) is 3.88. The second kappa shape index (κ2) is 12.5. The van der Waals surface area contributed by atoms with Crippen LogP contribution >= 0.6 is 23.2 Å². The molecule has 7 nitrogen and oxygen atoms in total. The monoisotopic (exact) mass is 569 g/mol. The SMILES string of the molecule is CC[C@H](C(=O)NC(C)C)N(Cc1ccc(Cl)cc1Cl)C(=O)CN(c1ccc(C(C)(C)C)cc1)S(C)(=O)=O. The zero-order valence-electron chi connectivity index (χ0n) is 22.5. The number of halogens is 2. The molecule has 0 saturated carbocycles. The Balaban J connectivity index is 2.48. The summed E-state index contributed by atoms with van der Waals surface area (Å²) in [5.41, 5.74) is 1.88. The molecule has 0 aliphatic carbocycles. The molecule has 0 spiro atoms. The third-order valence-corrected chi connectivity index (χ3v) is 7.60. The van der Waals surface area contributed by atoms with Crippen LogP contribution in [0.15, 0.2) is 42.5 Å². The molecule has 2 aromatic carbocycles. The zero-order chi connectivity index (χ0) is 28.1. The Bertz CT molecular complexity index is 1210. The zero-order valence-corrected chi connectivity index (χ0v) is 24.8. The number of nitrogens with zero attached hydrogens (tertiary/aromatic N) is 2. The molecule has 10 heteroatoms. The van der Waals surface area contributed by atoms with Crippen LogP contribution in [0.4, 0.5) is 5.69 Å². The normalized spacial score (nSPS) is 12.8. The first kappa shape index (κ1) is 30.9. The van der Waals surface area contributed by atoms with E-state index < -0.39 is 28.5 Å². The first-order chi connectivity index (χ1) is 17.0. The van der Waals surface area contributed by atoms with Crippen molar-refractivity contribution in [1.29, 1.82) is 0 Å². The Kier molecular flexibility index (Phi) is 10.5. The number of carbonyl (C=O) groups excluding carboxylic acids is 2. The third-order valence-electron chi connectivity index (χ3n) is 5.87. The number of sulfonamides is 1. The predicted molar refractivity (Wildman–Crippen MR) is 152 cm³/mol. The van der Waals surface area contributed by atoms with Crippen molar-refractivity contribution in [2.45, 2.75) is 72.0 Å². The summed E-state index contributed by atoms with van der Waals surface area (Å²) in [4.78, 5) is 28.2. The smallest absolute Gasteiger partial charge is 0.244 e. The molecule has 0 aromatic heterocycles. The molecule has 2 amide bonds. The van der Waals surface area contributed by atoms with Crippen molar-refractivity contribution in [2.75, 3.05) is 17.1 Å². The first-order valence-electron chi connectivity index (χ1n) is 12.2. The number of rotatable bonds is 10. The summed E-state index contributed by atoms with van der Waals surface area (Å²) >= 11 is 12.4. The Labute approximate surface area is 231 Å². The Morgan fingerprint density at radius 2 is 1.62 bits per heavy atom. The van der Waals surface area contributed by atoms with Crippen LogP contribution in [-0.2, 0) is 31.6 Å². The Morgan fingerprint density at radius 1 is 1.03 bits per heavy atom. The topological polar surface area (TPSA) is 86.8 Å². The summed E-state index contributed by atoms with van der Waals surface area (Å²) in [6, 6.07) is 11.0. The van der Waals surface area contributed by atoms with Crippen LogP contribution < -0.4 is 9.62 Å². The summed E-state index contributed by atoms with van der Waals surface area (Å²) in [6.07, 6.45) is 1.38. The minimum atomic E-state index is -3.81. The van der Waals surface area contributed by atoms with Gasteiger partial charge in [-0.25, -0.2) is 8.42 Å². The van der Waals surface area contributed by atoms with Crippen molar-refractivity contribution in [3.8, 4) is 0 Å². The lowest BCUT2D eigenvalue weighted by molar-refractivity contribution is -0.140. The number of hydrogen-bond donors (Lipinski definition) is 1. The van der Waals surface area contributed by atoms with Crippen LogP contribution in [0.2, 0.25) is 10.0 Å².